The number of nitrogens with one attached hydrogen (secondary N) is 1. The Balaban J connectivity index is 2.10. The maximum Gasteiger partial charge on any atom is 0.269 e. The number of nitro groups is 1. The SMILES string of the molecule is Cc1nc(Br)ccc1NCc1cccc([N+](=O)[O-])c1. The smallest absolute Gasteiger partial charge is 0.269 e. The minimum atomic E-state index is -0.393. The Morgan fingerprint density at radius 2 is 2.16 bits per heavy atom. The van der Waals surface area contributed by atoms with Crippen LogP contribution in [0.5, 0.6) is 0 Å². The van der Waals surface area contributed by atoms with Gasteiger partial charge in [-0.2, -0.15) is 0 Å². The zero-order valence-corrected chi connectivity index (χ0v) is 11.8. The minimum absolute atomic E-state index is 0.102. The van der Waals surface area contributed by atoms with Gasteiger partial charge in [-0.25, -0.2) is 4.98 Å². The molecule has 0 aliphatic heterocycles. The lowest BCUT2D eigenvalue weighted by molar-refractivity contribution is -0.384. The first kappa shape index (κ1) is 13.5. The second-order valence-electron chi connectivity index (χ2n) is 4.05. The van der Waals surface area contributed by atoms with Gasteiger partial charge >= 0.3 is 0 Å². The lowest BCUT2D eigenvalue weighted by atomic mass is 10.2. The van der Waals surface area contributed by atoms with E-state index in [0.29, 0.717) is 6.54 Å². The molecule has 5 nitrogen and oxygen atoms in total. The molecule has 0 radical (unpaired) electrons. The zero-order chi connectivity index (χ0) is 13.8. The van der Waals surface area contributed by atoms with Gasteiger partial charge in [-0.3, -0.25) is 10.1 Å². The predicted molar refractivity (Wildman–Crippen MR) is 77.1 cm³/mol. The molecular weight excluding hydrogens is 310 g/mol. The number of anilines is 1. The van der Waals surface area contributed by atoms with Gasteiger partial charge in [0.15, 0.2) is 0 Å². The van der Waals surface area contributed by atoms with Crippen LogP contribution < -0.4 is 5.32 Å². The summed E-state index contributed by atoms with van der Waals surface area (Å²) in [6.07, 6.45) is 0. The van der Waals surface area contributed by atoms with Crippen molar-refractivity contribution in [3.63, 3.8) is 0 Å². The van der Waals surface area contributed by atoms with E-state index in [-0.39, 0.29) is 5.69 Å². The van der Waals surface area contributed by atoms with Gasteiger partial charge in [-0.1, -0.05) is 12.1 Å². The molecule has 0 unspecified atom stereocenters. The van der Waals surface area contributed by atoms with Crippen LogP contribution in [0.4, 0.5) is 11.4 Å². The highest BCUT2D eigenvalue weighted by atomic mass is 79.9. The molecule has 19 heavy (non-hydrogen) atoms. The van der Waals surface area contributed by atoms with Gasteiger partial charge < -0.3 is 5.32 Å². The summed E-state index contributed by atoms with van der Waals surface area (Å²) in [5, 5.41) is 13.9. The standard InChI is InChI=1S/C13H12BrN3O2/c1-9-12(5-6-13(14)16-9)15-8-10-3-2-4-11(7-10)17(18)19/h2-7,15H,8H2,1H3. The van der Waals surface area contributed by atoms with Crippen molar-refractivity contribution < 1.29 is 4.92 Å². The number of benzene rings is 1. The highest BCUT2D eigenvalue weighted by molar-refractivity contribution is 9.10. The Kier molecular flexibility index (Phi) is 4.11. The number of nitrogens with zero attached hydrogens (tertiary/aromatic N) is 2. The van der Waals surface area contributed by atoms with E-state index < -0.39 is 4.92 Å². The Labute approximate surface area is 119 Å². The van der Waals surface area contributed by atoms with Crippen molar-refractivity contribution in [1.82, 2.24) is 4.98 Å². The summed E-state index contributed by atoms with van der Waals surface area (Å²) in [4.78, 5) is 14.6. The fourth-order valence-electron chi connectivity index (χ4n) is 1.69. The molecule has 2 aromatic rings. The Hall–Kier alpha value is -1.95. The van der Waals surface area contributed by atoms with Crippen LogP contribution in [-0.4, -0.2) is 9.91 Å². The first-order chi connectivity index (χ1) is 9.06. The van der Waals surface area contributed by atoms with Crippen molar-refractivity contribution in [3.8, 4) is 0 Å². The summed E-state index contributed by atoms with van der Waals surface area (Å²) in [6.45, 7) is 2.42. The Morgan fingerprint density at radius 3 is 2.84 bits per heavy atom. The number of rotatable bonds is 4. The normalized spacial score (nSPS) is 10.2. The summed E-state index contributed by atoms with van der Waals surface area (Å²) in [6, 6.07) is 10.3. The third-order valence-electron chi connectivity index (χ3n) is 2.66. The summed E-state index contributed by atoms with van der Waals surface area (Å²) in [5.74, 6) is 0. The number of aryl methyl sites for hydroxylation is 1. The van der Waals surface area contributed by atoms with Crippen molar-refractivity contribution in [2.24, 2.45) is 0 Å². The lowest BCUT2D eigenvalue weighted by Crippen LogP contribution is -2.02. The molecule has 1 aromatic carbocycles. The van der Waals surface area contributed by atoms with E-state index in [2.05, 4.69) is 26.2 Å². The van der Waals surface area contributed by atoms with Crippen LogP contribution in [0.25, 0.3) is 0 Å². The molecule has 1 N–H and O–H groups in total. The number of halogens is 1. The van der Waals surface area contributed by atoms with E-state index in [0.717, 1.165) is 21.5 Å². The molecular formula is C13H12BrN3O2. The average molecular weight is 322 g/mol. The second-order valence-corrected chi connectivity index (χ2v) is 4.86. The van der Waals surface area contributed by atoms with E-state index >= 15 is 0 Å². The maximum absolute atomic E-state index is 10.7. The van der Waals surface area contributed by atoms with Gasteiger partial charge in [0.25, 0.3) is 5.69 Å². The predicted octanol–water partition coefficient (Wildman–Crippen LogP) is 3.67. The highest BCUT2D eigenvalue weighted by Gasteiger charge is 2.06. The molecule has 0 saturated carbocycles. The summed E-state index contributed by atoms with van der Waals surface area (Å²) >= 11 is 3.30. The van der Waals surface area contributed by atoms with Crippen LogP contribution in [0.2, 0.25) is 0 Å². The van der Waals surface area contributed by atoms with E-state index in [1.807, 2.05) is 25.1 Å². The topological polar surface area (TPSA) is 68.1 Å². The zero-order valence-electron chi connectivity index (χ0n) is 10.3. The van der Waals surface area contributed by atoms with Gasteiger partial charge in [0.1, 0.15) is 4.60 Å². The number of hydrogen-bond donors (Lipinski definition) is 1. The summed E-state index contributed by atoms with van der Waals surface area (Å²) < 4.78 is 0.783. The third kappa shape index (κ3) is 3.51. The minimum Gasteiger partial charge on any atom is -0.379 e. The van der Waals surface area contributed by atoms with Gasteiger partial charge in [0.05, 0.1) is 16.3 Å². The van der Waals surface area contributed by atoms with E-state index in [1.165, 1.54) is 6.07 Å². The fraction of sp³-hybridized carbons (Fsp3) is 0.154. The molecule has 0 bridgehead atoms. The molecule has 0 fully saturated rings. The number of hydrogen-bond acceptors (Lipinski definition) is 4. The van der Waals surface area contributed by atoms with Crippen LogP contribution in [-0.2, 0) is 6.54 Å². The molecule has 1 aromatic heterocycles. The molecule has 0 aliphatic carbocycles. The largest absolute Gasteiger partial charge is 0.379 e. The molecule has 0 saturated heterocycles. The van der Waals surface area contributed by atoms with Crippen LogP contribution >= 0.6 is 15.9 Å². The van der Waals surface area contributed by atoms with Crippen molar-refractivity contribution in [1.29, 1.82) is 0 Å². The number of pyridine rings is 1. The van der Waals surface area contributed by atoms with Gasteiger partial charge in [0.2, 0.25) is 0 Å². The molecule has 0 atom stereocenters. The first-order valence-corrected chi connectivity index (χ1v) is 6.46. The molecule has 2 rings (SSSR count). The van der Waals surface area contributed by atoms with Crippen molar-refractivity contribution >= 4 is 27.3 Å². The number of aromatic nitrogens is 1. The van der Waals surface area contributed by atoms with Crippen molar-refractivity contribution in [3.05, 3.63) is 62.4 Å². The quantitative estimate of drug-likeness (QED) is 0.530. The lowest BCUT2D eigenvalue weighted by Gasteiger charge is -2.09. The molecule has 0 aliphatic rings. The maximum atomic E-state index is 10.7. The van der Waals surface area contributed by atoms with E-state index in [4.69, 9.17) is 0 Å². The molecule has 0 spiro atoms. The van der Waals surface area contributed by atoms with E-state index in [9.17, 15) is 10.1 Å². The summed E-state index contributed by atoms with van der Waals surface area (Å²) in [7, 11) is 0. The second kappa shape index (κ2) is 5.79. The summed E-state index contributed by atoms with van der Waals surface area (Å²) in [5.41, 5.74) is 2.75. The van der Waals surface area contributed by atoms with Gasteiger partial charge in [-0.05, 0) is 40.5 Å². The first-order valence-electron chi connectivity index (χ1n) is 5.66. The Morgan fingerprint density at radius 1 is 1.37 bits per heavy atom. The van der Waals surface area contributed by atoms with Crippen molar-refractivity contribution in [2.45, 2.75) is 13.5 Å². The fourth-order valence-corrected chi connectivity index (χ4v) is 2.09. The number of nitro benzene ring substituents is 1. The van der Waals surface area contributed by atoms with Gasteiger partial charge in [-0.15, -0.1) is 0 Å². The van der Waals surface area contributed by atoms with Crippen LogP contribution in [0.3, 0.4) is 0 Å². The molecule has 6 heteroatoms. The third-order valence-corrected chi connectivity index (χ3v) is 3.10. The number of non-ortho nitro benzene ring substituents is 1. The Bertz CT molecular complexity index is 617. The molecule has 98 valence electrons. The van der Waals surface area contributed by atoms with Crippen molar-refractivity contribution in [2.75, 3.05) is 5.32 Å². The van der Waals surface area contributed by atoms with Gasteiger partial charge in [0, 0.05) is 18.7 Å². The van der Waals surface area contributed by atoms with Crippen LogP contribution in [0.1, 0.15) is 11.3 Å². The van der Waals surface area contributed by atoms with Crippen LogP contribution in [0, 0.1) is 17.0 Å². The monoisotopic (exact) mass is 321 g/mol. The highest BCUT2D eigenvalue weighted by Crippen LogP contribution is 2.18. The molecule has 1 heterocycles. The average Bonchev–Trinajstić information content (AvgIpc) is 2.38. The molecule has 0 amide bonds. The van der Waals surface area contributed by atoms with E-state index in [1.54, 1.807) is 12.1 Å². The van der Waals surface area contributed by atoms with Crippen LogP contribution in [0.15, 0.2) is 41.0 Å².